The maximum Gasteiger partial charge on any atom is 0.232 e. The summed E-state index contributed by atoms with van der Waals surface area (Å²) >= 11 is 0. The lowest BCUT2D eigenvalue weighted by Crippen LogP contribution is -2.33. The summed E-state index contributed by atoms with van der Waals surface area (Å²) in [5, 5.41) is 7.93. The number of ether oxygens (including phenoxy) is 1. The molecular weight excluding hydrogens is 242 g/mol. The van der Waals surface area contributed by atoms with Gasteiger partial charge < -0.3 is 4.74 Å². The highest BCUT2D eigenvalue weighted by molar-refractivity contribution is 5.79. The van der Waals surface area contributed by atoms with Crippen LogP contribution in [0, 0.1) is 5.41 Å². The third-order valence-corrected chi connectivity index (χ3v) is 4.18. The van der Waals surface area contributed by atoms with Crippen molar-refractivity contribution in [3.05, 3.63) is 6.20 Å². The van der Waals surface area contributed by atoms with Gasteiger partial charge in [-0.1, -0.05) is 12.1 Å². The van der Waals surface area contributed by atoms with Crippen LogP contribution in [0.25, 0.3) is 0 Å². The fraction of sp³-hybridized carbons (Fsp3) is 0.786. The third-order valence-electron chi connectivity index (χ3n) is 4.18. The molecule has 0 unspecified atom stereocenters. The molecule has 0 N–H and O–H groups in total. The van der Waals surface area contributed by atoms with Crippen molar-refractivity contribution in [1.29, 1.82) is 0 Å². The van der Waals surface area contributed by atoms with E-state index in [1.807, 2.05) is 0 Å². The minimum absolute atomic E-state index is 0.139. The fourth-order valence-electron chi connectivity index (χ4n) is 2.58. The number of carbonyl (C=O) groups excluding carboxylic acids is 1. The smallest absolute Gasteiger partial charge is 0.232 e. The molecule has 0 amide bonds. The molecule has 106 valence electrons. The van der Waals surface area contributed by atoms with Crippen LogP contribution in [0.3, 0.4) is 0 Å². The molecule has 0 aromatic carbocycles. The summed E-state index contributed by atoms with van der Waals surface area (Å²) in [6.45, 7) is 6.93. The number of carbonyl (C=O) groups is 1. The molecule has 5 heteroatoms. The molecule has 0 bridgehead atoms. The van der Waals surface area contributed by atoms with Gasteiger partial charge in [-0.3, -0.25) is 4.79 Å². The number of rotatable bonds is 5. The molecular formula is C14H23N3O2. The highest BCUT2D eigenvalue weighted by Crippen LogP contribution is 2.38. The summed E-state index contributed by atoms with van der Waals surface area (Å²) in [5.41, 5.74) is 0.139. The molecule has 5 nitrogen and oxygen atoms in total. The molecule has 1 aromatic heterocycles. The van der Waals surface area contributed by atoms with Crippen molar-refractivity contribution >= 4 is 5.78 Å². The van der Waals surface area contributed by atoms with E-state index in [4.69, 9.17) is 4.74 Å². The zero-order valence-electron chi connectivity index (χ0n) is 12.1. The lowest BCUT2D eigenvalue weighted by atomic mass is 9.72. The molecule has 0 spiro atoms. The van der Waals surface area contributed by atoms with Crippen LogP contribution in [0.4, 0.5) is 0 Å². The largest absolute Gasteiger partial charge is 0.476 e. The Morgan fingerprint density at radius 1 is 1.42 bits per heavy atom. The molecule has 19 heavy (non-hydrogen) atoms. The molecule has 1 aliphatic rings. The van der Waals surface area contributed by atoms with Crippen molar-refractivity contribution in [2.24, 2.45) is 5.41 Å². The van der Waals surface area contributed by atoms with Crippen LogP contribution in [0.15, 0.2) is 6.20 Å². The zero-order chi connectivity index (χ0) is 13.9. The summed E-state index contributed by atoms with van der Waals surface area (Å²) in [6, 6.07) is 0.239. The average Bonchev–Trinajstić information content (AvgIpc) is 2.87. The van der Waals surface area contributed by atoms with Gasteiger partial charge >= 0.3 is 0 Å². The van der Waals surface area contributed by atoms with E-state index in [1.165, 1.54) is 0 Å². The Morgan fingerprint density at radius 2 is 2.11 bits per heavy atom. The highest BCUT2D eigenvalue weighted by Gasteiger charge is 2.34. The number of aromatic nitrogens is 3. The van der Waals surface area contributed by atoms with Crippen LogP contribution in [0.5, 0.6) is 5.88 Å². The van der Waals surface area contributed by atoms with E-state index in [2.05, 4.69) is 31.1 Å². The molecule has 2 rings (SSSR count). The minimum atomic E-state index is 0.139. The number of ketones is 1. The van der Waals surface area contributed by atoms with E-state index in [0.717, 1.165) is 25.1 Å². The maximum atomic E-state index is 11.4. The Labute approximate surface area is 114 Å². The van der Waals surface area contributed by atoms with Crippen LogP contribution >= 0.6 is 0 Å². The second-order valence-corrected chi connectivity index (χ2v) is 5.79. The number of hydrogen-bond acceptors (Lipinski definition) is 4. The van der Waals surface area contributed by atoms with Gasteiger partial charge in [0.15, 0.2) is 0 Å². The van der Waals surface area contributed by atoms with Gasteiger partial charge in [0.25, 0.3) is 0 Å². The topological polar surface area (TPSA) is 57.0 Å². The second kappa shape index (κ2) is 5.72. The van der Waals surface area contributed by atoms with E-state index >= 15 is 0 Å². The molecule has 1 heterocycles. The first-order valence-corrected chi connectivity index (χ1v) is 7.11. The van der Waals surface area contributed by atoms with E-state index in [1.54, 1.807) is 10.9 Å². The Balaban J connectivity index is 2.00. The molecule has 1 aromatic rings. The van der Waals surface area contributed by atoms with Crippen LogP contribution in [-0.2, 0) is 4.79 Å². The van der Waals surface area contributed by atoms with Gasteiger partial charge in [-0.15, -0.1) is 5.10 Å². The molecule has 1 saturated carbocycles. The molecule has 1 fully saturated rings. The van der Waals surface area contributed by atoms with Gasteiger partial charge in [0.1, 0.15) is 12.0 Å². The van der Waals surface area contributed by atoms with Gasteiger partial charge in [-0.2, -0.15) is 0 Å². The van der Waals surface area contributed by atoms with Crippen molar-refractivity contribution in [2.45, 2.75) is 58.9 Å². The Morgan fingerprint density at radius 3 is 2.68 bits per heavy atom. The van der Waals surface area contributed by atoms with Crippen LogP contribution in [-0.4, -0.2) is 27.4 Å². The van der Waals surface area contributed by atoms with E-state index < -0.39 is 0 Å². The van der Waals surface area contributed by atoms with Crippen molar-refractivity contribution < 1.29 is 9.53 Å². The van der Waals surface area contributed by atoms with Gasteiger partial charge in [0.2, 0.25) is 5.88 Å². The van der Waals surface area contributed by atoms with E-state index in [9.17, 15) is 4.79 Å². The predicted octanol–water partition coefficient (Wildman–Crippen LogP) is 2.78. The molecule has 0 atom stereocenters. The number of hydrogen-bond donors (Lipinski definition) is 0. The predicted molar refractivity (Wildman–Crippen MR) is 72.1 cm³/mol. The molecule has 0 aliphatic heterocycles. The highest BCUT2D eigenvalue weighted by atomic mass is 16.5. The number of Topliss-reactive ketones (excluding diaryl/α,β-unsaturated/α-hetero) is 1. The first kappa shape index (κ1) is 14.0. The van der Waals surface area contributed by atoms with Crippen LogP contribution in [0.2, 0.25) is 0 Å². The van der Waals surface area contributed by atoms with Gasteiger partial charge in [-0.25, -0.2) is 4.68 Å². The molecule has 0 radical (unpaired) electrons. The van der Waals surface area contributed by atoms with Crippen molar-refractivity contribution in [3.63, 3.8) is 0 Å². The van der Waals surface area contributed by atoms with E-state index in [-0.39, 0.29) is 11.5 Å². The Kier molecular flexibility index (Phi) is 4.22. The third kappa shape index (κ3) is 3.14. The fourth-order valence-corrected chi connectivity index (χ4v) is 2.58. The summed E-state index contributed by atoms with van der Waals surface area (Å²) in [6.07, 6.45) is 5.97. The Bertz CT molecular complexity index is 430. The lowest BCUT2D eigenvalue weighted by Gasteiger charge is -2.35. The van der Waals surface area contributed by atoms with Crippen molar-refractivity contribution in [2.75, 3.05) is 6.61 Å². The monoisotopic (exact) mass is 265 g/mol. The first-order chi connectivity index (χ1) is 9.06. The first-order valence-electron chi connectivity index (χ1n) is 7.11. The lowest BCUT2D eigenvalue weighted by molar-refractivity contribution is -0.123. The zero-order valence-corrected chi connectivity index (χ0v) is 12.1. The number of nitrogens with zero attached hydrogens (tertiary/aromatic N) is 3. The second-order valence-electron chi connectivity index (χ2n) is 5.79. The molecule has 1 aliphatic carbocycles. The van der Waals surface area contributed by atoms with Crippen molar-refractivity contribution in [3.8, 4) is 5.88 Å². The minimum Gasteiger partial charge on any atom is -0.476 e. The van der Waals surface area contributed by atoms with Gasteiger partial charge in [0.05, 0.1) is 12.6 Å². The van der Waals surface area contributed by atoms with Crippen LogP contribution < -0.4 is 4.74 Å². The quantitative estimate of drug-likeness (QED) is 0.821. The van der Waals surface area contributed by atoms with Crippen molar-refractivity contribution in [1.82, 2.24) is 15.0 Å². The van der Waals surface area contributed by atoms with E-state index in [0.29, 0.717) is 25.2 Å². The Hall–Kier alpha value is -1.39. The summed E-state index contributed by atoms with van der Waals surface area (Å²) in [7, 11) is 0. The summed E-state index contributed by atoms with van der Waals surface area (Å²) in [5.74, 6) is 1.11. The SMILES string of the molecule is CCC1(COc2cnnn2C(C)C)CCC(=O)CC1. The van der Waals surface area contributed by atoms with Gasteiger partial charge in [-0.05, 0) is 33.1 Å². The van der Waals surface area contributed by atoms with Gasteiger partial charge in [0, 0.05) is 18.3 Å². The summed E-state index contributed by atoms with van der Waals surface area (Å²) in [4.78, 5) is 11.4. The summed E-state index contributed by atoms with van der Waals surface area (Å²) < 4.78 is 7.72. The molecule has 0 saturated heterocycles. The average molecular weight is 265 g/mol. The maximum absolute atomic E-state index is 11.4. The van der Waals surface area contributed by atoms with Crippen LogP contribution in [0.1, 0.15) is 58.9 Å². The normalized spacial score (nSPS) is 18.8. The standard InChI is InChI=1S/C14H23N3O2/c1-4-14(7-5-12(18)6-8-14)10-19-13-9-15-16-17(13)11(2)3/h9,11H,4-8,10H2,1-3H3.